The SMILES string of the molecule is COCc1cccc2c1cc(C)n2-c1nnc(C)c(NCc2cccc(B(O)O)c2)n1. The molecule has 4 aromatic rings. The van der Waals surface area contributed by atoms with Crippen LogP contribution in [0, 0.1) is 13.8 Å². The zero-order chi connectivity index (χ0) is 22.0. The van der Waals surface area contributed by atoms with Crippen LogP contribution in [0.15, 0.2) is 48.5 Å². The standard InChI is InChI=1S/C22H24BN5O3/c1-14-10-19-17(13-31-3)7-5-9-20(19)28(14)22-25-21(15(2)26-27-22)24-12-16-6-4-8-18(11-16)23(29)30/h4-11,29-30H,12-13H2,1-3H3,(H,24,25,27). The summed E-state index contributed by atoms with van der Waals surface area (Å²) in [7, 11) is 0.187. The fourth-order valence-corrected chi connectivity index (χ4v) is 3.65. The third kappa shape index (κ3) is 4.29. The van der Waals surface area contributed by atoms with E-state index < -0.39 is 7.12 Å². The zero-order valence-corrected chi connectivity index (χ0v) is 17.7. The van der Waals surface area contributed by atoms with Crippen LogP contribution in [-0.2, 0) is 17.9 Å². The van der Waals surface area contributed by atoms with Crippen LogP contribution in [0.25, 0.3) is 16.9 Å². The number of nitrogens with zero attached hydrogens (tertiary/aromatic N) is 4. The van der Waals surface area contributed by atoms with Crippen molar-refractivity contribution < 1.29 is 14.8 Å². The first kappa shape index (κ1) is 21.0. The normalized spacial score (nSPS) is 11.1. The molecule has 0 atom stereocenters. The molecule has 0 bridgehead atoms. The molecule has 0 spiro atoms. The summed E-state index contributed by atoms with van der Waals surface area (Å²) in [6.07, 6.45) is 0. The van der Waals surface area contributed by atoms with Gasteiger partial charge in [0.05, 0.1) is 12.1 Å². The van der Waals surface area contributed by atoms with Crippen molar-refractivity contribution in [2.75, 3.05) is 12.4 Å². The number of aromatic nitrogens is 4. The number of benzene rings is 2. The Labute approximate surface area is 180 Å². The fourth-order valence-electron chi connectivity index (χ4n) is 3.65. The molecule has 9 heteroatoms. The molecule has 3 N–H and O–H groups in total. The number of aryl methyl sites for hydroxylation is 2. The Kier molecular flexibility index (Phi) is 5.99. The first-order valence-electron chi connectivity index (χ1n) is 9.97. The Morgan fingerprint density at radius 2 is 1.87 bits per heavy atom. The minimum absolute atomic E-state index is 0.443. The van der Waals surface area contributed by atoms with Gasteiger partial charge in [-0.05, 0) is 42.6 Å². The Balaban J connectivity index is 1.66. The highest BCUT2D eigenvalue weighted by atomic mass is 16.5. The van der Waals surface area contributed by atoms with E-state index in [9.17, 15) is 10.0 Å². The van der Waals surface area contributed by atoms with Gasteiger partial charge in [-0.2, -0.15) is 4.98 Å². The van der Waals surface area contributed by atoms with Crippen molar-refractivity contribution >= 4 is 29.3 Å². The van der Waals surface area contributed by atoms with Crippen molar-refractivity contribution in [1.82, 2.24) is 19.7 Å². The van der Waals surface area contributed by atoms with E-state index >= 15 is 0 Å². The van der Waals surface area contributed by atoms with Crippen molar-refractivity contribution in [3.8, 4) is 5.95 Å². The van der Waals surface area contributed by atoms with Crippen molar-refractivity contribution in [2.45, 2.75) is 27.0 Å². The summed E-state index contributed by atoms with van der Waals surface area (Å²) >= 11 is 0. The van der Waals surface area contributed by atoms with Crippen LogP contribution in [-0.4, -0.2) is 44.0 Å². The molecule has 31 heavy (non-hydrogen) atoms. The number of ether oxygens (including phenoxy) is 1. The molecule has 2 aromatic carbocycles. The average Bonchev–Trinajstić information content (AvgIpc) is 3.10. The van der Waals surface area contributed by atoms with Gasteiger partial charge in [-0.15, -0.1) is 10.2 Å². The molecule has 2 aromatic heterocycles. The maximum atomic E-state index is 9.38. The van der Waals surface area contributed by atoms with Gasteiger partial charge >= 0.3 is 7.12 Å². The van der Waals surface area contributed by atoms with Crippen LogP contribution in [0.1, 0.15) is 22.5 Å². The predicted octanol–water partition coefficient (Wildman–Crippen LogP) is 1.87. The molecule has 4 rings (SSSR count). The summed E-state index contributed by atoms with van der Waals surface area (Å²) in [4.78, 5) is 4.72. The minimum atomic E-state index is -1.50. The van der Waals surface area contributed by atoms with E-state index in [0.29, 0.717) is 36.1 Å². The smallest absolute Gasteiger partial charge is 0.423 e. The highest BCUT2D eigenvalue weighted by Gasteiger charge is 2.15. The quantitative estimate of drug-likeness (QED) is 0.395. The van der Waals surface area contributed by atoms with Gasteiger partial charge in [-0.1, -0.05) is 36.4 Å². The van der Waals surface area contributed by atoms with Gasteiger partial charge in [-0.3, -0.25) is 4.57 Å². The van der Waals surface area contributed by atoms with Gasteiger partial charge in [0, 0.05) is 24.7 Å². The van der Waals surface area contributed by atoms with Crippen molar-refractivity contribution in [2.24, 2.45) is 0 Å². The van der Waals surface area contributed by atoms with E-state index in [1.807, 2.05) is 42.7 Å². The molecule has 0 aliphatic heterocycles. The van der Waals surface area contributed by atoms with Crippen LogP contribution in [0.4, 0.5) is 5.82 Å². The Bertz CT molecular complexity index is 1230. The molecule has 0 amide bonds. The van der Waals surface area contributed by atoms with E-state index in [1.54, 1.807) is 25.3 Å². The molecular formula is C22H24BN5O3. The van der Waals surface area contributed by atoms with Crippen LogP contribution >= 0.6 is 0 Å². The molecule has 0 saturated heterocycles. The number of hydrogen-bond donors (Lipinski definition) is 3. The summed E-state index contributed by atoms with van der Waals surface area (Å²) in [5.41, 5.74) is 5.12. The van der Waals surface area contributed by atoms with Gasteiger partial charge < -0.3 is 20.1 Å². The molecule has 0 aliphatic rings. The van der Waals surface area contributed by atoms with E-state index in [1.165, 1.54) is 0 Å². The number of hydrogen-bond acceptors (Lipinski definition) is 7. The third-order valence-electron chi connectivity index (χ3n) is 5.17. The lowest BCUT2D eigenvalue weighted by atomic mass is 9.80. The molecule has 2 heterocycles. The maximum Gasteiger partial charge on any atom is 0.488 e. The monoisotopic (exact) mass is 417 g/mol. The van der Waals surface area contributed by atoms with Gasteiger partial charge in [0.25, 0.3) is 5.95 Å². The lowest BCUT2D eigenvalue weighted by Crippen LogP contribution is -2.30. The van der Waals surface area contributed by atoms with Crippen LogP contribution in [0.5, 0.6) is 0 Å². The molecular weight excluding hydrogens is 393 g/mol. The van der Waals surface area contributed by atoms with Gasteiger partial charge in [0.15, 0.2) is 5.82 Å². The number of methoxy groups -OCH3 is 1. The average molecular weight is 417 g/mol. The highest BCUT2D eigenvalue weighted by molar-refractivity contribution is 6.58. The largest absolute Gasteiger partial charge is 0.488 e. The van der Waals surface area contributed by atoms with Crippen LogP contribution in [0.2, 0.25) is 0 Å². The summed E-state index contributed by atoms with van der Waals surface area (Å²) in [5.74, 6) is 1.10. The summed E-state index contributed by atoms with van der Waals surface area (Å²) in [6, 6.07) is 15.3. The minimum Gasteiger partial charge on any atom is -0.423 e. The highest BCUT2D eigenvalue weighted by Crippen LogP contribution is 2.26. The number of fused-ring (bicyclic) bond motifs is 1. The molecule has 0 aliphatic carbocycles. The number of anilines is 1. The van der Waals surface area contributed by atoms with Crippen LogP contribution in [0.3, 0.4) is 0 Å². The van der Waals surface area contributed by atoms with Crippen LogP contribution < -0.4 is 10.8 Å². The number of rotatable bonds is 7. The van der Waals surface area contributed by atoms with Gasteiger partial charge in [0.1, 0.15) is 5.69 Å². The summed E-state index contributed by atoms with van der Waals surface area (Å²) in [5, 5.41) is 31.8. The van der Waals surface area contributed by atoms with E-state index in [-0.39, 0.29) is 0 Å². The first-order chi connectivity index (χ1) is 15.0. The molecule has 0 fully saturated rings. The fraction of sp³-hybridized carbons (Fsp3) is 0.227. The molecule has 8 nitrogen and oxygen atoms in total. The first-order valence-corrected chi connectivity index (χ1v) is 9.97. The summed E-state index contributed by atoms with van der Waals surface area (Å²) < 4.78 is 7.31. The summed E-state index contributed by atoms with van der Waals surface area (Å²) in [6.45, 7) is 4.85. The second-order valence-electron chi connectivity index (χ2n) is 7.42. The Morgan fingerprint density at radius 3 is 2.65 bits per heavy atom. The topological polar surface area (TPSA) is 105 Å². The number of nitrogens with one attached hydrogen (secondary N) is 1. The molecule has 0 radical (unpaired) electrons. The molecule has 0 saturated carbocycles. The maximum absolute atomic E-state index is 9.38. The van der Waals surface area contributed by atoms with Crippen molar-refractivity contribution in [3.63, 3.8) is 0 Å². The molecule has 0 unspecified atom stereocenters. The Hall–Kier alpha value is -3.27. The van der Waals surface area contributed by atoms with Crippen molar-refractivity contribution in [3.05, 3.63) is 71.0 Å². The second kappa shape index (κ2) is 8.85. The van der Waals surface area contributed by atoms with Crippen molar-refractivity contribution in [1.29, 1.82) is 0 Å². The van der Waals surface area contributed by atoms with E-state index in [2.05, 4.69) is 21.6 Å². The zero-order valence-electron chi connectivity index (χ0n) is 17.7. The Morgan fingerprint density at radius 1 is 1.06 bits per heavy atom. The van der Waals surface area contributed by atoms with Gasteiger partial charge in [0.2, 0.25) is 0 Å². The predicted molar refractivity (Wildman–Crippen MR) is 120 cm³/mol. The van der Waals surface area contributed by atoms with Gasteiger partial charge in [-0.25, -0.2) is 0 Å². The lowest BCUT2D eigenvalue weighted by Gasteiger charge is -2.12. The second-order valence-corrected chi connectivity index (χ2v) is 7.42. The lowest BCUT2D eigenvalue weighted by molar-refractivity contribution is 0.186. The molecule has 158 valence electrons. The third-order valence-corrected chi connectivity index (χ3v) is 5.17. The van der Waals surface area contributed by atoms with E-state index in [4.69, 9.17) is 9.72 Å². The van der Waals surface area contributed by atoms with E-state index in [0.717, 1.165) is 27.7 Å².